The molecule has 0 fully saturated rings. The van der Waals surface area contributed by atoms with Gasteiger partial charge < -0.3 is 9.47 Å². The first kappa shape index (κ1) is 11.1. The molecule has 0 bridgehead atoms. The van der Waals surface area contributed by atoms with E-state index in [9.17, 15) is 4.79 Å². The molecule has 0 N–H and O–H groups in total. The maximum atomic E-state index is 11.8. The number of hydrogen-bond acceptors (Lipinski definition) is 3. The number of carbonyl (C=O) groups is 1. The number of rotatable bonds is 3. The lowest BCUT2D eigenvalue weighted by Crippen LogP contribution is -2.24. The number of fused-ring (bicyclic) bond motifs is 1. The molecular weight excluding hydrogens is 204 g/mol. The van der Waals surface area contributed by atoms with Crippen molar-refractivity contribution in [2.24, 2.45) is 0 Å². The number of methoxy groups -OCH3 is 1. The van der Waals surface area contributed by atoms with Crippen molar-refractivity contribution in [3.63, 3.8) is 0 Å². The predicted molar refractivity (Wildman–Crippen MR) is 61.1 cm³/mol. The molecule has 1 aliphatic rings. The second-order valence-electron chi connectivity index (χ2n) is 4.13. The van der Waals surface area contributed by atoms with Gasteiger partial charge in [-0.15, -0.1) is 0 Å². The predicted octanol–water partition coefficient (Wildman–Crippen LogP) is 2.23. The summed E-state index contributed by atoms with van der Waals surface area (Å²) in [6, 6.07) is 5.79. The highest BCUT2D eigenvalue weighted by molar-refractivity contribution is 6.00. The molecule has 1 atom stereocenters. The molecule has 0 aliphatic carbocycles. The summed E-state index contributed by atoms with van der Waals surface area (Å²) in [7, 11) is 1.67. The van der Waals surface area contributed by atoms with Gasteiger partial charge >= 0.3 is 0 Å². The van der Waals surface area contributed by atoms with Crippen molar-refractivity contribution in [1.82, 2.24) is 0 Å². The molecule has 0 saturated heterocycles. The van der Waals surface area contributed by atoms with Crippen LogP contribution in [0.3, 0.4) is 0 Å². The zero-order valence-electron chi connectivity index (χ0n) is 9.66. The monoisotopic (exact) mass is 220 g/mol. The van der Waals surface area contributed by atoms with Crippen LogP contribution in [0.15, 0.2) is 18.2 Å². The highest BCUT2D eigenvalue weighted by atomic mass is 16.5. The van der Waals surface area contributed by atoms with E-state index < -0.39 is 0 Å². The third-order valence-corrected chi connectivity index (χ3v) is 2.74. The molecule has 86 valence electrons. The Balaban J connectivity index is 2.24. The number of ether oxygens (including phenoxy) is 2. The highest BCUT2D eigenvalue weighted by Gasteiger charge is 2.23. The van der Waals surface area contributed by atoms with Crippen LogP contribution in [0.25, 0.3) is 0 Å². The van der Waals surface area contributed by atoms with E-state index >= 15 is 0 Å². The molecule has 3 nitrogen and oxygen atoms in total. The molecule has 1 aromatic rings. The van der Waals surface area contributed by atoms with Crippen molar-refractivity contribution in [2.45, 2.75) is 25.9 Å². The molecule has 1 aromatic carbocycles. The minimum atomic E-state index is -0.00942. The first-order valence-electron chi connectivity index (χ1n) is 5.52. The lowest BCUT2D eigenvalue weighted by molar-refractivity contribution is 0.0870. The molecule has 0 aromatic heterocycles. The molecule has 0 radical (unpaired) electrons. The van der Waals surface area contributed by atoms with Crippen LogP contribution in [-0.4, -0.2) is 25.6 Å². The highest BCUT2D eigenvalue weighted by Crippen LogP contribution is 2.28. The van der Waals surface area contributed by atoms with Crippen LogP contribution in [0.2, 0.25) is 0 Å². The van der Waals surface area contributed by atoms with E-state index in [1.165, 1.54) is 0 Å². The third-order valence-electron chi connectivity index (χ3n) is 2.74. The Hall–Kier alpha value is -1.35. The number of ketones is 1. The Morgan fingerprint density at radius 1 is 1.50 bits per heavy atom. The zero-order chi connectivity index (χ0) is 11.5. The van der Waals surface area contributed by atoms with E-state index in [2.05, 4.69) is 0 Å². The normalized spacial score (nSPS) is 19.1. The van der Waals surface area contributed by atoms with Gasteiger partial charge in [-0.1, -0.05) is 6.07 Å². The van der Waals surface area contributed by atoms with Crippen molar-refractivity contribution >= 4 is 5.78 Å². The Kier molecular flexibility index (Phi) is 3.25. The number of carbonyl (C=O) groups excluding carboxylic acids is 1. The Labute approximate surface area is 95.4 Å². The van der Waals surface area contributed by atoms with Gasteiger partial charge in [0.25, 0.3) is 0 Å². The fraction of sp³-hybridized carbons (Fsp3) is 0.462. The van der Waals surface area contributed by atoms with Gasteiger partial charge in [-0.05, 0) is 31.0 Å². The fourth-order valence-electron chi connectivity index (χ4n) is 1.90. The fourth-order valence-corrected chi connectivity index (χ4v) is 1.90. The van der Waals surface area contributed by atoms with E-state index in [-0.39, 0.29) is 11.9 Å². The summed E-state index contributed by atoms with van der Waals surface area (Å²) in [5, 5.41) is 0. The first-order valence-corrected chi connectivity index (χ1v) is 5.52. The smallest absolute Gasteiger partial charge is 0.170 e. The Morgan fingerprint density at radius 2 is 2.31 bits per heavy atom. The standard InChI is InChI=1S/C13H16O3/c1-9-7-12(14)11-8-10(5-6-15-2)3-4-13(11)16-9/h3-4,8-9H,5-7H2,1-2H3. The van der Waals surface area contributed by atoms with Gasteiger partial charge in [0.15, 0.2) is 5.78 Å². The number of Topliss-reactive ketones (excluding diaryl/α,β-unsaturated/α-hetero) is 1. The molecule has 1 aliphatic heterocycles. The summed E-state index contributed by atoms with van der Waals surface area (Å²) >= 11 is 0. The average molecular weight is 220 g/mol. The third kappa shape index (κ3) is 2.25. The molecular formula is C13H16O3. The maximum absolute atomic E-state index is 11.8. The average Bonchev–Trinajstić information content (AvgIpc) is 2.26. The van der Waals surface area contributed by atoms with Crippen LogP contribution in [0, 0.1) is 0 Å². The van der Waals surface area contributed by atoms with Crippen molar-refractivity contribution in [2.75, 3.05) is 13.7 Å². The Morgan fingerprint density at radius 3 is 3.06 bits per heavy atom. The van der Waals surface area contributed by atoms with Crippen LogP contribution in [0.4, 0.5) is 0 Å². The molecule has 1 unspecified atom stereocenters. The van der Waals surface area contributed by atoms with Crippen molar-refractivity contribution in [3.8, 4) is 5.75 Å². The van der Waals surface area contributed by atoms with Gasteiger partial charge in [0.1, 0.15) is 11.9 Å². The van der Waals surface area contributed by atoms with Gasteiger partial charge in [0.2, 0.25) is 0 Å². The second-order valence-corrected chi connectivity index (χ2v) is 4.13. The van der Waals surface area contributed by atoms with E-state index in [0.29, 0.717) is 24.3 Å². The van der Waals surface area contributed by atoms with E-state index in [1.54, 1.807) is 7.11 Å². The van der Waals surface area contributed by atoms with Gasteiger partial charge in [0, 0.05) is 13.5 Å². The summed E-state index contributed by atoms with van der Waals surface area (Å²) in [6.07, 6.45) is 1.29. The first-order chi connectivity index (χ1) is 7.70. The molecule has 3 heteroatoms. The lowest BCUT2D eigenvalue weighted by atomic mass is 9.98. The molecule has 2 rings (SSSR count). The molecule has 0 amide bonds. The topological polar surface area (TPSA) is 35.5 Å². The van der Waals surface area contributed by atoms with E-state index in [0.717, 1.165) is 12.0 Å². The van der Waals surface area contributed by atoms with Gasteiger partial charge in [0.05, 0.1) is 12.2 Å². The second kappa shape index (κ2) is 4.66. The van der Waals surface area contributed by atoms with Crippen molar-refractivity contribution in [3.05, 3.63) is 29.3 Å². The van der Waals surface area contributed by atoms with Crippen molar-refractivity contribution < 1.29 is 14.3 Å². The lowest BCUT2D eigenvalue weighted by Gasteiger charge is -2.22. The van der Waals surface area contributed by atoms with Crippen LogP contribution < -0.4 is 4.74 Å². The molecule has 16 heavy (non-hydrogen) atoms. The maximum Gasteiger partial charge on any atom is 0.170 e. The van der Waals surface area contributed by atoms with Crippen molar-refractivity contribution in [1.29, 1.82) is 0 Å². The van der Waals surface area contributed by atoms with Crippen LogP contribution >= 0.6 is 0 Å². The molecule has 0 spiro atoms. The minimum absolute atomic E-state index is 0.00942. The van der Waals surface area contributed by atoms with Gasteiger partial charge in [-0.25, -0.2) is 0 Å². The molecule has 1 heterocycles. The van der Waals surface area contributed by atoms with Gasteiger partial charge in [-0.3, -0.25) is 4.79 Å². The summed E-state index contributed by atoms with van der Waals surface area (Å²) < 4.78 is 10.6. The van der Waals surface area contributed by atoms with E-state index in [1.807, 2.05) is 25.1 Å². The van der Waals surface area contributed by atoms with E-state index in [4.69, 9.17) is 9.47 Å². The minimum Gasteiger partial charge on any atom is -0.489 e. The van der Waals surface area contributed by atoms with Crippen LogP contribution in [-0.2, 0) is 11.2 Å². The largest absolute Gasteiger partial charge is 0.489 e. The summed E-state index contributed by atoms with van der Waals surface area (Å²) in [5.41, 5.74) is 1.83. The summed E-state index contributed by atoms with van der Waals surface area (Å²) in [4.78, 5) is 11.8. The molecule has 0 saturated carbocycles. The van der Waals surface area contributed by atoms with Crippen LogP contribution in [0.1, 0.15) is 29.3 Å². The zero-order valence-corrected chi connectivity index (χ0v) is 9.66. The van der Waals surface area contributed by atoms with Gasteiger partial charge in [-0.2, -0.15) is 0 Å². The Bertz CT molecular complexity index is 398. The number of hydrogen-bond donors (Lipinski definition) is 0. The SMILES string of the molecule is COCCc1ccc2c(c1)C(=O)CC(C)O2. The summed E-state index contributed by atoms with van der Waals surface area (Å²) in [6.45, 7) is 2.59. The quantitative estimate of drug-likeness (QED) is 0.783. The van der Waals surface area contributed by atoms with Crippen LogP contribution in [0.5, 0.6) is 5.75 Å². The number of benzene rings is 1. The summed E-state index contributed by atoms with van der Waals surface area (Å²) in [5.74, 6) is 0.887.